The Morgan fingerprint density at radius 2 is 1.84 bits per heavy atom. The highest BCUT2D eigenvalue weighted by Crippen LogP contribution is 2.21. The van der Waals surface area contributed by atoms with E-state index in [1.54, 1.807) is 31.2 Å². The first-order chi connectivity index (χ1) is 12.0. The van der Waals surface area contributed by atoms with Crippen molar-refractivity contribution in [1.29, 1.82) is 0 Å². The molecule has 2 rings (SSSR count). The number of hydrogen-bond acceptors (Lipinski definition) is 6. The molecule has 0 radical (unpaired) electrons. The van der Waals surface area contributed by atoms with E-state index in [1.807, 2.05) is 6.92 Å². The fourth-order valence-corrected chi connectivity index (χ4v) is 2.18. The SMILES string of the molecule is CCOC(=O)c1cc(-c2ccc(OCC)cc2)nn(CC(N)=O)c1=O. The van der Waals surface area contributed by atoms with Crippen LogP contribution in [0.2, 0.25) is 0 Å². The van der Waals surface area contributed by atoms with Crippen LogP contribution < -0.4 is 16.0 Å². The van der Waals surface area contributed by atoms with E-state index in [0.29, 0.717) is 23.6 Å². The third-order valence-corrected chi connectivity index (χ3v) is 3.24. The van der Waals surface area contributed by atoms with Gasteiger partial charge in [-0.1, -0.05) is 0 Å². The van der Waals surface area contributed by atoms with Crippen molar-refractivity contribution in [2.45, 2.75) is 20.4 Å². The molecule has 0 unspecified atom stereocenters. The fourth-order valence-electron chi connectivity index (χ4n) is 2.18. The van der Waals surface area contributed by atoms with E-state index in [2.05, 4.69) is 5.10 Å². The minimum absolute atomic E-state index is 0.120. The summed E-state index contributed by atoms with van der Waals surface area (Å²) in [7, 11) is 0. The Balaban J connectivity index is 2.52. The maximum absolute atomic E-state index is 12.3. The number of nitrogens with two attached hydrogens (primary N) is 1. The molecule has 1 aromatic carbocycles. The van der Waals surface area contributed by atoms with Crippen LogP contribution in [0.5, 0.6) is 5.75 Å². The van der Waals surface area contributed by atoms with E-state index in [-0.39, 0.29) is 12.2 Å². The van der Waals surface area contributed by atoms with Crippen LogP contribution in [0.1, 0.15) is 24.2 Å². The number of hydrogen-bond donors (Lipinski definition) is 1. The Bertz CT molecular complexity index is 827. The molecule has 0 atom stereocenters. The Kier molecular flexibility index (Phi) is 5.89. The van der Waals surface area contributed by atoms with Gasteiger partial charge in [-0.15, -0.1) is 0 Å². The number of esters is 1. The summed E-state index contributed by atoms with van der Waals surface area (Å²) >= 11 is 0. The van der Waals surface area contributed by atoms with Gasteiger partial charge in [0, 0.05) is 5.56 Å². The molecule has 0 bridgehead atoms. The molecule has 1 aromatic heterocycles. The Morgan fingerprint density at radius 3 is 2.40 bits per heavy atom. The van der Waals surface area contributed by atoms with Crippen LogP contribution in [0, 0.1) is 0 Å². The van der Waals surface area contributed by atoms with E-state index in [1.165, 1.54) is 6.07 Å². The lowest BCUT2D eigenvalue weighted by Gasteiger charge is -2.10. The van der Waals surface area contributed by atoms with Gasteiger partial charge in [0.15, 0.2) is 0 Å². The summed E-state index contributed by atoms with van der Waals surface area (Å²) in [4.78, 5) is 35.5. The minimum atomic E-state index is -0.777. The lowest BCUT2D eigenvalue weighted by atomic mass is 10.1. The first kappa shape index (κ1) is 18.2. The van der Waals surface area contributed by atoms with Crippen LogP contribution in [0.3, 0.4) is 0 Å². The zero-order valence-electron chi connectivity index (χ0n) is 14.0. The zero-order valence-corrected chi connectivity index (χ0v) is 14.0. The molecule has 132 valence electrons. The lowest BCUT2D eigenvalue weighted by molar-refractivity contribution is -0.118. The zero-order chi connectivity index (χ0) is 18.4. The van der Waals surface area contributed by atoms with Gasteiger partial charge in [-0.2, -0.15) is 5.10 Å². The predicted octanol–water partition coefficient (Wildman–Crippen LogP) is 0.971. The molecule has 0 fully saturated rings. The first-order valence-corrected chi connectivity index (χ1v) is 7.77. The second-order valence-corrected chi connectivity index (χ2v) is 5.05. The van der Waals surface area contributed by atoms with E-state index in [4.69, 9.17) is 15.2 Å². The van der Waals surface area contributed by atoms with Gasteiger partial charge >= 0.3 is 5.97 Å². The highest BCUT2D eigenvalue weighted by molar-refractivity contribution is 5.90. The standard InChI is InChI=1S/C17H19N3O5/c1-3-24-12-7-5-11(6-8-12)14-9-13(17(23)25-4-2)16(22)20(19-14)10-15(18)21/h5-9H,3-4,10H2,1-2H3,(H2,18,21). The minimum Gasteiger partial charge on any atom is -0.494 e. The number of carbonyl (C=O) groups excluding carboxylic acids is 2. The second-order valence-electron chi connectivity index (χ2n) is 5.05. The maximum Gasteiger partial charge on any atom is 0.343 e. The molecular formula is C17H19N3O5. The highest BCUT2D eigenvalue weighted by atomic mass is 16.5. The molecule has 1 amide bonds. The average Bonchev–Trinajstić information content (AvgIpc) is 2.57. The number of carbonyl (C=O) groups is 2. The molecule has 8 nitrogen and oxygen atoms in total. The molecule has 0 aliphatic heterocycles. The van der Waals surface area contributed by atoms with Gasteiger partial charge in [-0.05, 0) is 44.2 Å². The van der Waals surface area contributed by atoms with Crippen LogP contribution in [0.4, 0.5) is 0 Å². The highest BCUT2D eigenvalue weighted by Gasteiger charge is 2.18. The number of rotatable bonds is 7. The molecule has 0 aliphatic carbocycles. The number of aromatic nitrogens is 2. The summed E-state index contributed by atoms with van der Waals surface area (Å²) in [5.41, 5.74) is 5.20. The maximum atomic E-state index is 12.3. The van der Waals surface area contributed by atoms with Crippen molar-refractivity contribution in [2.75, 3.05) is 13.2 Å². The van der Waals surface area contributed by atoms with Gasteiger partial charge in [0.1, 0.15) is 17.9 Å². The van der Waals surface area contributed by atoms with E-state index < -0.39 is 24.0 Å². The van der Waals surface area contributed by atoms with E-state index in [9.17, 15) is 14.4 Å². The quantitative estimate of drug-likeness (QED) is 0.748. The summed E-state index contributed by atoms with van der Waals surface area (Å²) in [6.07, 6.45) is 0. The summed E-state index contributed by atoms with van der Waals surface area (Å²) in [5, 5.41) is 4.12. The van der Waals surface area contributed by atoms with Crippen molar-refractivity contribution >= 4 is 11.9 Å². The van der Waals surface area contributed by atoms with Crippen molar-refractivity contribution in [3.8, 4) is 17.0 Å². The molecule has 0 saturated heterocycles. The van der Waals surface area contributed by atoms with Gasteiger partial charge in [0.05, 0.1) is 18.9 Å². The van der Waals surface area contributed by atoms with Gasteiger partial charge in [0.25, 0.3) is 5.56 Å². The van der Waals surface area contributed by atoms with Gasteiger partial charge in [-0.3, -0.25) is 9.59 Å². The Hall–Kier alpha value is -3.16. The number of benzene rings is 1. The molecule has 1 heterocycles. The molecule has 0 saturated carbocycles. The summed E-state index contributed by atoms with van der Waals surface area (Å²) in [5.74, 6) is -0.837. The van der Waals surface area contributed by atoms with Crippen LogP contribution in [-0.4, -0.2) is 34.9 Å². The van der Waals surface area contributed by atoms with Crippen LogP contribution >= 0.6 is 0 Å². The number of primary amides is 1. The predicted molar refractivity (Wildman–Crippen MR) is 90.3 cm³/mol. The normalized spacial score (nSPS) is 10.3. The fraction of sp³-hybridized carbons (Fsp3) is 0.294. The van der Waals surface area contributed by atoms with Crippen molar-refractivity contribution in [2.24, 2.45) is 5.73 Å². The summed E-state index contributed by atoms with van der Waals surface area (Å²) in [6.45, 7) is 3.73. The molecular weight excluding hydrogens is 326 g/mol. The van der Waals surface area contributed by atoms with E-state index >= 15 is 0 Å². The Morgan fingerprint density at radius 1 is 1.16 bits per heavy atom. The van der Waals surface area contributed by atoms with Crippen molar-refractivity contribution in [1.82, 2.24) is 9.78 Å². The second kappa shape index (κ2) is 8.09. The third kappa shape index (κ3) is 4.43. The van der Waals surface area contributed by atoms with Gasteiger partial charge in [-0.25, -0.2) is 9.48 Å². The third-order valence-electron chi connectivity index (χ3n) is 3.24. The van der Waals surface area contributed by atoms with Crippen LogP contribution in [0.25, 0.3) is 11.3 Å². The van der Waals surface area contributed by atoms with Gasteiger partial charge in [0.2, 0.25) is 5.91 Å². The van der Waals surface area contributed by atoms with E-state index in [0.717, 1.165) is 4.68 Å². The van der Waals surface area contributed by atoms with Crippen molar-refractivity contribution in [3.63, 3.8) is 0 Å². The first-order valence-electron chi connectivity index (χ1n) is 7.77. The summed E-state index contributed by atoms with van der Waals surface area (Å²) in [6, 6.07) is 8.30. The lowest BCUT2D eigenvalue weighted by Crippen LogP contribution is -2.34. The number of ether oxygens (including phenoxy) is 2. The molecule has 25 heavy (non-hydrogen) atoms. The smallest absolute Gasteiger partial charge is 0.343 e. The molecule has 0 aliphatic rings. The molecule has 0 spiro atoms. The monoisotopic (exact) mass is 345 g/mol. The Labute approximate surface area is 144 Å². The molecule has 2 N–H and O–H groups in total. The topological polar surface area (TPSA) is 114 Å². The molecule has 8 heteroatoms. The van der Waals surface area contributed by atoms with Crippen LogP contribution in [0.15, 0.2) is 35.1 Å². The van der Waals surface area contributed by atoms with Crippen molar-refractivity contribution in [3.05, 3.63) is 46.2 Å². The average molecular weight is 345 g/mol. The number of nitrogens with zero attached hydrogens (tertiary/aromatic N) is 2. The van der Waals surface area contributed by atoms with Gasteiger partial charge < -0.3 is 15.2 Å². The molecule has 2 aromatic rings. The van der Waals surface area contributed by atoms with Crippen LogP contribution in [-0.2, 0) is 16.1 Å². The summed E-state index contributed by atoms with van der Waals surface area (Å²) < 4.78 is 11.1. The number of amides is 1. The van der Waals surface area contributed by atoms with Crippen molar-refractivity contribution < 1.29 is 19.1 Å². The largest absolute Gasteiger partial charge is 0.494 e.